The number of hydrogen-bond acceptors (Lipinski definition) is 2. The van der Waals surface area contributed by atoms with Crippen LogP contribution in [-0.4, -0.2) is 6.54 Å². The molecule has 96 valence electrons. The van der Waals surface area contributed by atoms with Gasteiger partial charge in [-0.2, -0.15) is 0 Å². The van der Waals surface area contributed by atoms with E-state index in [-0.39, 0.29) is 0 Å². The second-order valence-electron chi connectivity index (χ2n) is 5.12. The maximum Gasteiger partial charge on any atom is 0.0636 e. The predicted molar refractivity (Wildman–Crippen MR) is 80.5 cm³/mol. The summed E-state index contributed by atoms with van der Waals surface area (Å²) >= 11 is 8.23. The molecule has 1 aromatic heterocycles. The Bertz CT molecular complexity index is 528. The molecular formula is C15H18ClNS. The van der Waals surface area contributed by atoms with Crippen molar-refractivity contribution in [2.24, 2.45) is 5.92 Å². The maximum atomic E-state index is 6.42. The first-order chi connectivity index (χ1) is 8.84. The van der Waals surface area contributed by atoms with Crippen LogP contribution >= 0.6 is 22.9 Å². The molecule has 0 radical (unpaired) electrons. The van der Waals surface area contributed by atoms with Gasteiger partial charge < -0.3 is 5.32 Å². The number of thiophene rings is 1. The van der Waals surface area contributed by atoms with E-state index >= 15 is 0 Å². The molecule has 1 N–H and O–H groups in total. The summed E-state index contributed by atoms with van der Waals surface area (Å²) in [6.07, 6.45) is 5.62. The first-order valence-corrected chi connectivity index (χ1v) is 7.90. The Balaban J connectivity index is 1.65. The highest BCUT2D eigenvalue weighted by Crippen LogP contribution is 2.35. The smallest absolute Gasteiger partial charge is 0.0636 e. The third kappa shape index (κ3) is 2.56. The molecule has 0 unspecified atom stereocenters. The van der Waals surface area contributed by atoms with E-state index in [4.69, 9.17) is 11.6 Å². The highest BCUT2D eigenvalue weighted by atomic mass is 35.5. The molecule has 1 aliphatic carbocycles. The van der Waals surface area contributed by atoms with Crippen molar-refractivity contribution in [3.8, 4) is 0 Å². The van der Waals surface area contributed by atoms with Gasteiger partial charge >= 0.3 is 0 Å². The first kappa shape index (κ1) is 12.5. The molecule has 18 heavy (non-hydrogen) atoms. The molecule has 0 amide bonds. The lowest BCUT2D eigenvalue weighted by atomic mass is 10.1. The van der Waals surface area contributed by atoms with Crippen molar-refractivity contribution in [1.82, 2.24) is 5.32 Å². The SMILES string of the molecule is Clc1c(CNCC2CCCC2)sc2ccccc12. The number of rotatable bonds is 4. The van der Waals surface area contributed by atoms with E-state index in [1.807, 2.05) is 11.3 Å². The minimum absolute atomic E-state index is 0.887. The lowest BCUT2D eigenvalue weighted by Crippen LogP contribution is -2.20. The maximum absolute atomic E-state index is 6.42. The highest BCUT2D eigenvalue weighted by Gasteiger charge is 2.15. The Hall–Kier alpha value is -0.570. The summed E-state index contributed by atoms with van der Waals surface area (Å²) in [7, 11) is 0. The zero-order chi connectivity index (χ0) is 12.4. The summed E-state index contributed by atoms with van der Waals surface area (Å²) < 4.78 is 1.29. The van der Waals surface area contributed by atoms with E-state index in [0.717, 1.165) is 24.0 Å². The van der Waals surface area contributed by atoms with Crippen LogP contribution < -0.4 is 5.32 Å². The Labute approximate surface area is 117 Å². The third-order valence-corrected chi connectivity index (χ3v) is 5.51. The van der Waals surface area contributed by atoms with Crippen molar-refractivity contribution in [2.75, 3.05) is 6.54 Å². The molecule has 1 saturated carbocycles. The van der Waals surface area contributed by atoms with Crippen LogP contribution in [0, 0.1) is 5.92 Å². The molecular weight excluding hydrogens is 262 g/mol. The van der Waals surface area contributed by atoms with Gasteiger partial charge in [-0.15, -0.1) is 11.3 Å². The molecule has 0 saturated heterocycles. The van der Waals surface area contributed by atoms with Crippen LogP contribution in [0.2, 0.25) is 5.02 Å². The fourth-order valence-electron chi connectivity index (χ4n) is 2.78. The molecule has 1 aliphatic rings. The standard InChI is InChI=1S/C15H18ClNS/c16-15-12-7-3-4-8-13(12)18-14(15)10-17-9-11-5-1-2-6-11/h3-4,7-8,11,17H,1-2,5-6,9-10H2. The normalized spacial score (nSPS) is 16.7. The van der Waals surface area contributed by atoms with Gasteiger partial charge in [0.2, 0.25) is 0 Å². The molecule has 1 nitrogen and oxygen atoms in total. The van der Waals surface area contributed by atoms with E-state index in [9.17, 15) is 0 Å². The van der Waals surface area contributed by atoms with Crippen LogP contribution in [0.15, 0.2) is 24.3 Å². The number of benzene rings is 1. The van der Waals surface area contributed by atoms with Gasteiger partial charge in [-0.1, -0.05) is 42.6 Å². The van der Waals surface area contributed by atoms with E-state index in [1.165, 1.54) is 40.6 Å². The lowest BCUT2D eigenvalue weighted by Gasteiger charge is -2.09. The number of nitrogens with one attached hydrogen (secondary N) is 1. The minimum Gasteiger partial charge on any atom is -0.312 e. The van der Waals surface area contributed by atoms with Crippen LogP contribution in [0.5, 0.6) is 0 Å². The van der Waals surface area contributed by atoms with E-state index in [1.54, 1.807) is 0 Å². The average Bonchev–Trinajstić information content (AvgIpc) is 3.00. The second kappa shape index (κ2) is 5.60. The first-order valence-electron chi connectivity index (χ1n) is 6.71. The van der Waals surface area contributed by atoms with Crippen molar-refractivity contribution in [1.29, 1.82) is 0 Å². The molecule has 3 heteroatoms. The van der Waals surface area contributed by atoms with E-state index < -0.39 is 0 Å². The van der Waals surface area contributed by atoms with Crippen molar-refractivity contribution in [3.63, 3.8) is 0 Å². The zero-order valence-electron chi connectivity index (χ0n) is 10.4. The lowest BCUT2D eigenvalue weighted by molar-refractivity contribution is 0.491. The Morgan fingerprint density at radius 2 is 2.00 bits per heavy atom. The summed E-state index contributed by atoms with van der Waals surface area (Å²) in [6, 6.07) is 8.38. The summed E-state index contributed by atoms with van der Waals surface area (Å²) in [5.74, 6) is 0.887. The summed E-state index contributed by atoms with van der Waals surface area (Å²) in [5.41, 5.74) is 0. The van der Waals surface area contributed by atoms with Gasteiger partial charge in [-0.05, 0) is 31.4 Å². The highest BCUT2D eigenvalue weighted by molar-refractivity contribution is 7.19. The molecule has 2 aromatic rings. The van der Waals surface area contributed by atoms with Crippen molar-refractivity contribution in [3.05, 3.63) is 34.2 Å². The summed E-state index contributed by atoms with van der Waals surface area (Å²) in [5, 5.41) is 5.71. The molecule has 0 atom stereocenters. The van der Waals surface area contributed by atoms with Gasteiger partial charge in [0.25, 0.3) is 0 Å². The number of fused-ring (bicyclic) bond motifs is 1. The number of halogens is 1. The fourth-order valence-corrected chi connectivity index (χ4v) is 4.25. The largest absolute Gasteiger partial charge is 0.312 e. The minimum atomic E-state index is 0.887. The number of hydrogen-bond donors (Lipinski definition) is 1. The van der Waals surface area contributed by atoms with Crippen molar-refractivity contribution < 1.29 is 0 Å². The third-order valence-electron chi connectivity index (χ3n) is 3.79. The van der Waals surface area contributed by atoms with Crippen LogP contribution in [0.4, 0.5) is 0 Å². The van der Waals surface area contributed by atoms with Crippen LogP contribution in [0.3, 0.4) is 0 Å². The summed E-state index contributed by atoms with van der Waals surface area (Å²) in [6.45, 7) is 2.05. The van der Waals surface area contributed by atoms with Gasteiger partial charge in [-0.25, -0.2) is 0 Å². The molecule has 1 aromatic carbocycles. The Morgan fingerprint density at radius 1 is 1.22 bits per heavy atom. The van der Waals surface area contributed by atoms with Crippen molar-refractivity contribution >= 4 is 33.0 Å². The topological polar surface area (TPSA) is 12.0 Å². The van der Waals surface area contributed by atoms with Gasteiger partial charge in [0.1, 0.15) is 0 Å². The predicted octanol–water partition coefficient (Wildman–Crippen LogP) is 4.83. The Kier molecular flexibility index (Phi) is 3.88. The van der Waals surface area contributed by atoms with Crippen molar-refractivity contribution in [2.45, 2.75) is 32.2 Å². The molecule has 1 heterocycles. The van der Waals surface area contributed by atoms with Gasteiger partial charge in [0.15, 0.2) is 0 Å². The van der Waals surface area contributed by atoms with Crippen LogP contribution in [-0.2, 0) is 6.54 Å². The molecule has 3 rings (SSSR count). The molecule has 1 fully saturated rings. The van der Waals surface area contributed by atoms with Gasteiger partial charge in [-0.3, -0.25) is 0 Å². The van der Waals surface area contributed by atoms with Gasteiger partial charge in [0, 0.05) is 21.5 Å². The Morgan fingerprint density at radius 3 is 2.78 bits per heavy atom. The van der Waals surface area contributed by atoms with E-state index in [2.05, 4.69) is 29.6 Å². The molecule has 0 bridgehead atoms. The quantitative estimate of drug-likeness (QED) is 0.845. The monoisotopic (exact) mass is 279 g/mol. The summed E-state index contributed by atoms with van der Waals surface area (Å²) in [4.78, 5) is 1.27. The molecule has 0 spiro atoms. The van der Waals surface area contributed by atoms with Crippen LogP contribution in [0.25, 0.3) is 10.1 Å². The zero-order valence-corrected chi connectivity index (χ0v) is 12.0. The average molecular weight is 280 g/mol. The second-order valence-corrected chi connectivity index (χ2v) is 6.63. The van der Waals surface area contributed by atoms with E-state index in [0.29, 0.717) is 0 Å². The molecule has 0 aliphatic heterocycles. The fraction of sp³-hybridized carbons (Fsp3) is 0.467. The van der Waals surface area contributed by atoms with Gasteiger partial charge in [0.05, 0.1) is 5.02 Å². The van der Waals surface area contributed by atoms with Crippen LogP contribution in [0.1, 0.15) is 30.6 Å².